The fourth-order valence-electron chi connectivity index (χ4n) is 3.45. The van der Waals surface area contributed by atoms with E-state index in [0.29, 0.717) is 6.54 Å². The van der Waals surface area contributed by atoms with Crippen LogP contribution in [0.15, 0.2) is 36.4 Å². The summed E-state index contributed by atoms with van der Waals surface area (Å²) in [4.78, 5) is 0. The molecule has 1 aliphatic rings. The molecule has 1 atom stereocenters. The van der Waals surface area contributed by atoms with Crippen molar-refractivity contribution in [1.29, 1.82) is 0 Å². The van der Waals surface area contributed by atoms with E-state index in [-0.39, 0.29) is 0 Å². The Morgan fingerprint density at radius 1 is 1.22 bits per heavy atom. The van der Waals surface area contributed by atoms with E-state index in [1.165, 1.54) is 60.7 Å². The van der Waals surface area contributed by atoms with Crippen molar-refractivity contribution >= 4 is 10.8 Å². The van der Waals surface area contributed by atoms with E-state index in [4.69, 9.17) is 5.73 Å². The number of hydrogen-bond acceptors (Lipinski definition) is 2. The molecule has 0 amide bonds. The average Bonchev–Trinajstić information content (AvgIpc) is 3.38. The lowest BCUT2D eigenvalue weighted by Crippen LogP contribution is -2.18. The standard InChI is InChI=1S/C21H30N2/c1-16(5-4-10-23-15-17-8-9-17)11-18-12-19-6-2-3-7-21(19)20(13-18)14-22/h2-3,6-7,12-13,16-17,23H,4-5,8-11,14-15,22H2,1H3. The van der Waals surface area contributed by atoms with Crippen LogP contribution in [0.4, 0.5) is 0 Å². The molecule has 0 bridgehead atoms. The summed E-state index contributed by atoms with van der Waals surface area (Å²) in [6.07, 6.45) is 6.61. The van der Waals surface area contributed by atoms with Gasteiger partial charge in [0.15, 0.2) is 0 Å². The zero-order valence-corrected chi connectivity index (χ0v) is 14.4. The molecule has 1 saturated carbocycles. The molecule has 124 valence electrons. The van der Waals surface area contributed by atoms with Gasteiger partial charge >= 0.3 is 0 Å². The predicted octanol–water partition coefficient (Wildman–Crippen LogP) is 4.26. The second-order valence-corrected chi connectivity index (χ2v) is 7.28. The smallest absolute Gasteiger partial charge is 0.0184 e. The van der Waals surface area contributed by atoms with E-state index in [2.05, 4.69) is 48.6 Å². The van der Waals surface area contributed by atoms with Crippen molar-refractivity contribution in [3.63, 3.8) is 0 Å². The van der Waals surface area contributed by atoms with Crippen molar-refractivity contribution in [3.05, 3.63) is 47.5 Å². The van der Waals surface area contributed by atoms with Crippen LogP contribution in [0.3, 0.4) is 0 Å². The molecule has 23 heavy (non-hydrogen) atoms. The Morgan fingerprint density at radius 2 is 2.04 bits per heavy atom. The van der Waals surface area contributed by atoms with Gasteiger partial charge in [0, 0.05) is 6.54 Å². The largest absolute Gasteiger partial charge is 0.326 e. The molecule has 2 heteroatoms. The Morgan fingerprint density at radius 3 is 2.83 bits per heavy atom. The molecule has 2 aromatic carbocycles. The summed E-state index contributed by atoms with van der Waals surface area (Å²) >= 11 is 0. The van der Waals surface area contributed by atoms with Crippen molar-refractivity contribution in [2.45, 2.75) is 45.6 Å². The lowest BCUT2D eigenvalue weighted by molar-refractivity contribution is 0.487. The van der Waals surface area contributed by atoms with Gasteiger partial charge in [-0.2, -0.15) is 0 Å². The topological polar surface area (TPSA) is 38.0 Å². The summed E-state index contributed by atoms with van der Waals surface area (Å²) in [5.74, 6) is 1.71. The van der Waals surface area contributed by atoms with Crippen molar-refractivity contribution in [2.24, 2.45) is 17.6 Å². The number of nitrogens with one attached hydrogen (secondary N) is 1. The fraction of sp³-hybridized carbons (Fsp3) is 0.524. The summed E-state index contributed by atoms with van der Waals surface area (Å²) in [5.41, 5.74) is 8.66. The highest BCUT2D eigenvalue weighted by atomic mass is 14.9. The molecule has 0 aliphatic heterocycles. The minimum atomic E-state index is 0.619. The Kier molecular flexibility index (Phi) is 5.69. The van der Waals surface area contributed by atoms with Gasteiger partial charge in [0.2, 0.25) is 0 Å². The highest BCUT2D eigenvalue weighted by molar-refractivity contribution is 5.86. The van der Waals surface area contributed by atoms with Crippen molar-refractivity contribution < 1.29 is 0 Å². The van der Waals surface area contributed by atoms with Crippen LogP contribution < -0.4 is 11.1 Å². The van der Waals surface area contributed by atoms with Gasteiger partial charge in [-0.3, -0.25) is 0 Å². The third-order valence-electron chi connectivity index (χ3n) is 4.99. The molecule has 0 heterocycles. The first kappa shape index (κ1) is 16.5. The Labute approximate surface area is 140 Å². The SMILES string of the molecule is CC(CCCNCC1CC1)Cc1cc(CN)c2ccccc2c1. The van der Waals surface area contributed by atoms with Crippen LogP contribution in [0.5, 0.6) is 0 Å². The second kappa shape index (κ2) is 7.94. The molecular formula is C21H30N2. The number of hydrogen-bond donors (Lipinski definition) is 2. The highest BCUT2D eigenvalue weighted by Crippen LogP contribution is 2.27. The van der Waals surface area contributed by atoms with Gasteiger partial charge in [-0.05, 0) is 78.9 Å². The first-order valence-electron chi connectivity index (χ1n) is 9.17. The highest BCUT2D eigenvalue weighted by Gasteiger charge is 2.19. The fourth-order valence-corrected chi connectivity index (χ4v) is 3.45. The first-order chi connectivity index (χ1) is 11.3. The van der Waals surface area contributed by atoms with Crippen LogP contribution in [-0.4, -0.2) is 13.1 Å². The molecule has 1 aliphatic carbocycles. The predicted molar refractivity (Wildman–Crippen MR) is 99.5 cm³/mol. The van der Waals surface area contributed by atoms with Gasteiger partial charge in [0.05, 0.1) is 0 Å². The van der Waals surface area contributed by atoms with E-state index < -0.39 is 0 Å². The molecule has 2 nitrogen and oxygen atoms in total. The van der Waals surface area contributed by atoms with E-state index >= 15 is 0 Å². The normalized spacial score (nSPS) is 15.9. The molecule has 0 spiro atoms. The van der Waals surface area contributed by atoms with Crippen LogP contribution in [-0.2, 0) is 13.0 Å². The van der Waals surface area contributed by atoms with Gasteiger partial charge in [-0.15, -0.1) is 0 Å². The van der Waals surface area contributed by atoms with Crippen LogP contribution in [0.1, 0.15) is 43.7 Å². The first-order valence-corrected chi connectivity index (χ1v) is 9.17. The number of nitrogens with two attached hydrogens (primary N) is 1. The lowest BCUT2D eigenvalue weighted by atomic mass is 9.93. The lowest BCUT2D eigenvalue weighted by Gasteiger charge is -2.14. The summed E-state index contributed by atoms with van der Waals surface area (Å²) < 4.78 is 0. The second-order valence-electron chi connectivity index (χ2n) is 7.28. The summed E-state index contributed by atoms with van der Waals surface area (Å²) in [6, 6.07) is 13.2. The molecule has 3 N–H and O–H groups in total. The van der Waals surface area contributed by atoms with Gasteiger partial charge in [-0.25, -0.2) is 0 Å². The minimum Gasteiger partial charge on any atom is -0.326 e. The number of rotatable bonds is 9. The molecule has 1 fully saturated rings. The van der Waals surface area contributed by atoms with Gasteiger partial charge < -0.3 is 11.1 Å². The van der Waals surface area contributed by atoms with Crippen molar-refractivity contribution in [3.8, 4) is 0 Å². The zero-order chi connectivity index (χ0) is 16.1. The Balaban J connectivity index is 1.52. The molecule has 2 aromatic rings. The number of fused-ring (bicyclic) bond motifs is 1. The van der Waals surface area contributed by atoms with Crippen LogP contribution in [0, 0.1) is 11.8 Å². The summed E-state index contributed by atoms with van der Waals surface area (Å²) in [7, 11) is 0. The van der Waals surface area contributed by atoms with E-state index in [1.54, 1.807) is 0 Å². The molecule has 1 unspecified atom stereocenters. The number of benzene rings is 2. The van der Waals surface area contributed by atoms with Crippen molar-refractivity contribution in [2.75, 3.05) is 13.1 Å². The third kappa shape index (κ3) is 4.79. The van der Waals surface area contributed by atoms with Gasteiger partial charge in [0.1, 0.15) is 0 Å². The molecule has 0 saturated heterocycles. The van der Waals surface area contributed by atoms with Crippen molar-refractivity contribution in [1.82, 2.24) is 5.32 Å². The van der Waals surface area contributed by atoms with E-state index in [9.17, 15) is 0 Å². The van der Waals surface area contributed by atoms with Crippen LogP contribution >= 0.6 is 0 Å². The zero-order valence-electron chi connectivity index (χ0n) is 14.4. The average molecular weight is 310 g/mol. The summed E-state index contributed by atoms with van der Waals surface area (Å²) in [6.45, 7) is 5.40. The molecule has 0 aromatic heterocycles. The third-order valence-corrected chi connectivity index (χ3v) is 4.99. The maximum Gasteiger partial charge on any atom is 0.0184 e. The Bertz CT molecular complexity index is 631. The van der Waals surface area contributed by atoms with Crippen LogP contribution in [0.25, 0.3) is 10.8 Å². The minimum absolute atomic E-state index is 0.619. The quantitative estimate of drug-likeness (QED) is 0.679. The molecular weight excluding hydrogens is 280 g/mol. The summed E-state index contributed by atoms with van der Waals surface area (Å²) in [5, 5.41) is 6.22. The molecule has 0 radical (unpaired) electrons. The van der Waals surface area contributed by atoms with Crippen LogP contribution in [0.2, 0.25) is 0 Å². The maximum absolute atomic E-state index is 5.95. The van der Waals surface area contributed by atoms with E-state index in [1.807, 2.05) is 0 Å². The maximum atomic E-state index is 5.95. The monoisotopic (exact) mass is 310 g/mol. The van der Waals surface area contributed by atoms with Gasteiger partial charge in [-0.1, -0.05) is 43.3 Å². The van der Waals surface area contributed by atoms with Gasteiger partial charge in [0.25, 0.3) is 0 Å². The molecule has 3 rings (SSSR count). The Hall–Kier alpha value is -1.38. The van der Waals surface area contributed by atoms with E-state index in [0.717, 1.165) is 18.3 Å².